The van der Waals surface area contributed by atoms with Gasteiger partial charge in [0.1, 0.15) is 11.0 Å². The highest BCUT2D eigenvalue weighted by Crippen LogP contribution is 2.25. The average molecular weight is 383 g/mol. The molecule has 1 aliphatic rings. The fourth-order valence-electron chi connectivity index (χ4n) is 2.51. The lowest BCUT2D eigenvalue weighted by Gasteiger charge is -2.22. The number of rotatable bonds is 5. The molecule has 1 aliphatic heterocycles. The molecule has 7 heteroatoms. The second kappa shape index (κ2) is 8.73. The number of thioether (sulfide) groups is 1. The van der Waals surface area contributed by atoms with Crippen LogP contribution in [0.2, 0.25) is 0 Å². The van der Waals surface area contributed by atoms with Gasteiger partial charge in [-0.2, -0.15) is 0 Å². The van der Waals surface area contributed by atoms with Gasteiger partial charge in [0, 0.05) is 12.1 Å². The average Bonchev–Trinajstić information content (AvgIpc) is 2.65. The Kier molecular flexibility index (Phi) is 6.13. The zero-order valence-electron chi connectivity index (χ0n) is 15.2. The zero-order valence-corrected chi connectivity index (χ0v) is 16.0. The van der Waals surface area contributed by atoms with Gasteiger partial charge in [-0.05, 0) is 50.2 Å². The van der Waals surface area contributed by atoms with Crippen LogP contribution < -0.4 is 15.4 Å². The van der Waals surface area contributed by atoms with E-state index in [4.69, 9.17) is 4.74 Å². The number of aliphatic imine (C=N–C) groups is 1. The molecule has 3 rings (SSSR count). The van der Waals surface area contributed by atoms with Crippen LogP contribution in [-0.2, 0) is 9.59 Å². The van der Waals surface area contributed by atoms with Crippen LogP contribution in [0.3, 0.4) is 0 Å². The van der Waals surface area contributed by atoms with E-state index >= 15 is 0 Å². The van der Waals surface area contributed by atoms with E-state index in [2.05, 4.69) is 15.6 Å². The summed E-state index contributed by atoms with van der Waals surface area (Å²) in [6.07, 6.45) is 0.112. The second-order valence-corrected chi connectivity index (χ2v) is 7.25. The summed E-state index contributed by atoms with van der Waals surface area (Å²) in [6, 6.07) is 14.8. The van der Waals surface area contributed by atoms with E-state index in [-0.39, 0.29) is 18.2 Å². The summed E-state index contributed by atoms with van der Waals surface area (Å²) < 4.78 is 5.39. The largest absolute Gasteiger partial charge is 0.494 e. The standard InChI is InChI=1S/C20H21N3O3S/c1-3-26-16-10-8-14(9-11-16)21-19(25)17-12-18(24)23-20(27-17)22-15-6-4-13(2)5-7-15/h4-11,17H,3,12H2,1-2H3,(H,21,25)(H,22,23,24)/t17-/m0/s1. The van der Waals surface area contributed by atoms with Crippen molar-refractivity contribution in [3.8, 4) is 5.75 Å². The molecule has 1 atom stereocenters. The normalized spacial score (nSPS) is 18.1. The number of amides is 2. The minimum absolute atomic E-state index is 0.112. The van der Waals surface area contributed by atoms with E-state index in [9.17, 15) is 9.59 Å². The molecule has 6 nitrogen and oxygen atoms in total. The van der Waals surface area contributed by atoms with Crippen molar-refractivity contribution in [1.29, 1.82) is 0 Å². The van der Waals surface area contributed by atoms with Crippen molar-refractivity contribution in [3.05, 3.63) is 54.1 Å². The summed E-state index contributed by atoms with van der Waals surface area (Å²) in [7, 11) is 0. The molecule has 0 aromatic heterocycles. The summed E-state index contributed by atoms with van der Waals surface area (Å²) in [6.45, 7) is 4.49. The molecule has 2 amide bonds. The summed E-state index contributed by atoms with van der Waals surface area (Å²) in [5.41, 5.74) is 2.52. The van der Waals surface area contributed by atoms with Crippen molar-refractivity contribution in [1.82, 2.24) is 5.32 Å². The van der Waals surface area contributed by atoms with Gasteiger partial charge in [0.2, 0.25) is 11.8 Å². The third-order valence-electron chi connectivity index (χ3n) is 3.86. The summed E-state index contributed by atoms with van der Waals surface area (Å²) >= 11 is 1.25. The Morgan fingerprint density at radius 3 is 2.59 bits per heavy atom. The van der Waals surface area contributed by atoms with Crippen molar-refractivity contribution in [2.24, 2.45) is 4.99 Å². The van der Waals surface area contributed by atoms with Gasteiger partial charge in [-0.3, -0.25) is 9.59 Å². The minimum atomic E-state index is -0.533. The molecule has 0 unspecified atom stereocenters. The monoisotopic (exact) mass is 383 g/mol. The fraction of sp³-hybridized carbons (Fsp3) is 0.250. The van der Waals surface area contributed by atoms with Crippen LogP contribution in [0.15, 0.2) is 53.5 Å². The maximum atomic E-state index is 12.6. The first kappa shape index (κ1) is 19.0. The zero-order chi connectivity index (χ0) is 19.2. The van der Waals surface area contributed by atoms with Crippen molar-refractivity contribution < 1.29 is 14.3 Å². The van der Waals surface area contributed by atoms with E-state index < -0.39 is 5.25 Å². The molecular weight excluding hydrogens is 362 g/mol. The number of hydrogen-bond acceptors (Lipinski definition) is 5. The molecule has 2 aromatic carbocycles. The van der Waals surface area contributed by atoms with Crippen molar-refractivity contribution in [3.63, 3.8) is 0 Å². The Balaban J connectivity index is 1.67. The second-order valence-electron chi connectivity index (χ2n) is 6.06. The van der Waals surface area contributed by atoms with E-state index in [0.717, 1.165) is 17.0 Å². The highest BCUT2D eigenvalue weighted by atomic mass is 32.2. The maximum absolute atomic E-state index is 12.6. The number of hydrogen-bond donors (Lipinski definition) is 2. The van der Waals surface area contributed by atoms with Crippen molar-refractivity contribution >= 4 is 40.1 Å². The predicted octanol–water partition coefficient (Wildman–Crippen LogP) is 3.64. The fourth-order valence-corrected chi connectivity index (χ4v) is 3.51. The van der Waals surface area contributed by atoms with Gasteiger partial charge in [0.25, 0.3) is 0 Å². The van der Waals surface area contributed by atoms with E-state index in [1.165, 1.54) is 11.8 Å². The number of nitrogens with zero attached hydrogens (tertiary/aromatic N) is 1. The Morgan fingerprint density at radius 2 is 1.93 bits per heavy atom. The Morgan fingerprint density at radius 1 is 1.22 bits per heavy atom. The molecule has 27 heavy (non-hydrogen) atoms. The van der Waals surface area contributed by atoms with Crippen LogP contribution in [0.1, 0.15) is 18.9 Å². The first-order valence-corrected chi connectivity index (χ1v) is 9.57. The highest BCUT2D eigenvalue weighted by molar-refractivity contribution is 8.15. The van der Waals surface area contributed by atoms with Crippen molar-refractivity contribution in [2.45, 2.75) is 25.5 Å². The molecule has 2 aromatic rings. The molecule has 1 heterocycles. The van der Waals surface area contributed by atoms with Crippen LogP contribution in [0.25, 0.3) is 0 Å². The topological polar surface area (TPSA) is 79.8 Å². The molecule has 0 bridgehead atoms. The summed E-state index contributed by atoms with van der Waals surface area (Å²) in [5.74, 6) is 0.302. The van der Waals surface area contributed by atoms with Gasteiger partial charge in [0.05, 0.1) is 12.3 Å². The molecule has 1 saturated heterocycles. The summed E-state index contributed by atoms with van der Waals surface area (Å²) in [5, 5.41) is 5.47. The molecule has 0 aliphatic carbocycles. The van der Waals surface area contributed by atoms with Crippen LogP contribution in [0.5, 0.6) is 5.75 Å². The smallest absolute Gasteiger partial charge is 0.238 e. The molecule has 140 valence electrons. The Labute approximate surface area is 162 Å². The van der Waals surface area contributed by atoms with Gasteiger partial charge < -0.3 is 15.4 Å². The number of carbonyl (C=O) groups is 2. The quantitative estimate of drug-likeness (QED) is 0.826. The molecule has 2 N–H and O–H groups in total. The Hall–Kier alpha value is -2.80. The van der Waals surface area contributed by atoms with Gasteiger partial charge in [-0.15, -0.1) is 0 Å². The molecule has 0 spiro atoms. The van der Waals surface area contributed by atoms with Gasteiger partial charge in [-0.25, -0.2) is 4.99 Å². The van der Waals surface area contributed by atoms with Gasteiger partial charge in [0.15, 0.2) is 5.17 Å². The molecule has 0 radical (unpaired) electrons. The number of anilines is 1. The molecule has 0 saturated carbocycles. The summed E-state index contributed by atoms with van der Waals surface area (Å²) in [4.78, 5) is 29.0. The van der Waals surface area contributed by atoms with E-state index in [0.29, 0.717) is 17.5 Å². The third kappa shape index (κ3) is 5.34. The predicted molar refractivity (Wildman–Crippen MR) is 109 cm³/mol. The number of nitrogens with one attached hydrogen (secondary N) is 2. The van der Waals surface area contributed by atoms with Crippen molar-refractivity contribution in [2.75, 3.05) is 11.9 Å². The number of ether oxygens (including phenoxy) is 1. The van der Waals surface area contributed by atoms with Gasteiger partial charge in [-0.1, -0.05) is 29.5 Å². The maximum Gasteiger partial charge on any atom is 0.238 e. The third-order valence-corrected chi connectivity index (χ3v) is 4.94. The first-order valence-electron chi connectivity index (χ1n) is 8.69. The number of benzene rings is 2. The lowest BCUT2D eigenvalue weighted by molar-refractivity contribution is -0.123. The lowest BCUT2D eigenvalue weighted by Crippen LogP contribution is -2.41. The first-order chi connectivity index (χ1) is 13.0. The number of amidine groups is 1. The highest BCUT2D eigenvalue weighted by Gasteiger charge is 2.30. The number of aryl methyl sites for hydroxylation is 1. The minimum Gasteiger partial charge on any atom is -0.494 e. The molecular formula is C20H21N3O3S. The van der Waals surface area contributed by atoms with E-state index in [1.54, 1.807) is 24.3 Å². The van der Waals surface area contributed by atoms with Crippen LogP contribution in [-0.4, -0.2) is 28.8 Å². The molecule has 1 fully saturated rings. The number of carbonyl (C=O) groups excluding carboxylic acids is 2. The SMILES string of the molecule is CCOc1ccc(NC(=O)[C@@H]2CC(=O)NC(=Nc3ccc(C)cc3)S2)cc1. The van der Waals surface area contributed by atoms with Crippen LogP contribution >= 0.6 is 11.8 Å². The van der Waals surface area contributed by atoms with Crippen LogP contribution in [0, 0.1) is 6.92 Å². The van der Waals surface area contributed by atoms with Crippen LogP contribution in [0.4, 0.5) is 11.4 Å². The van der Waals surface area contributed by atoms with Gasteiger partial charge >= 0.3 is 0 Å². The lowest BCUT2D eigenvalue weighted by atomic mass is 10.2. The Bertz CT molecular complexity index is 848. The van der Waals surface area contributed by atoms with E-state index in [1.807, 2.05) is 38.1 Å².